The van der Waals surface area contributed by atoms with Crippen LogP contribution in [-0.2, 0) is 14.7 Å². The quantitative estimate of drug-likeness (QED) is 0.422. The van der Waals surface area contributed by atoms with Gasteiger partial charge in [0.1, 0.15) is 12.1 Å². The van der Waals surface area contributed by atoms with E-state index >= 15 is 0 Å². The van der Waals surface area contributed by atoms with Crippen molar-refractivity contribution in [1.29, 1.82) is 0 Å². The Labute approximate surface area is 163 Å². The topological polar surface area (TPSA) is 196 Å². The van der Waals surface area contributed by atoms with Crippen LogP contribution >= 0.6 is 0 Å². The lowest BCUT2D eigenvalue weighted by Gasteiger charge is -2.27. The van der Waals surface area contributed by atoms with Gasteiger partial charge in [-0.25, -0.2) is 19.4 Å². The molecule has 0 aliphatic carbocycles. The van der Waals surface area contributed by atoms with E-state index in [4.69, 9.17) is 9.66 Å². The lowest BCUT2D eigenvalue weighted by atomic mass is 9.98. The van der Waals surface area contributed by atoms with Crippen LogP contribution in [0.5, 0.6) is 0 Å². The Kier molecular flexibility index (Phi) is 5.34. The Bertz CT molecular complexity index is 1030. The fourth-order valence-corrected chi connectivity index (χ4v) is 3.43. The first-order valence-electron chi connectivity index (χ1n) is 8.12. The van der Waals surface area contributed by atoms with Gasteiger partial charge in [0.15, 0.2) is 0 Å². The molecule has 4 amide bonds. The van der Waals surface area contributed by atoms with E-state index in [0.717, 1.165) is 4.68 Å². The standard InChI is InChI=1S/C13H15N7O8S/c1-2-15-11(21)19-4-7-9-5-18(13(24)20(9)28-29(25,26)27)8(10(7)17-19)3-14-6-16-12(22)23/h4,8-9H,2-3,5H2,1H3,(H,15,21)(H,22,23)(H,25,26,27). The number of aliphatic imine (C=N–C) groups is 2. The number of nitrogens with zero attached hydrogens (tertiary/aromatic N) is 6. The first-order valence-corrected chi connectivity index (χ1v) is 9.48. The lowest BCUT2D eigenvalue weighted by molar-refractivity contribution is -0.0317. The lowest BCUT2D eigenvalue weighted by Crippen LogP contribution is -2.36. The first-order chi connectivity index (χ1) is 13.6. The minimum atomic E-state index is -4.99. The van der Waals surface area contributed by atoms with Crippen molar-refractivity contribution in [3.05, 3.63) is 17.5 Å². The molecule has 0 saturated carbocycles. The molecule has 2 atom stereocenters. The minimum Gasteiger partial charge on any atom is -0.463 e. The normalized spacial score (nSPS) is 20.1. The molecule has 16 heteroatoms. The summed E-state index contributed by atoms with van der Waals surface area (Å²) < 4.78 is 36.6. The summed E-state index contributed by atoms with van der Waals surface area (Å²) >= 11 is 0. The van der Waals surface area contributed by atoms with Gasteiger partial charge < -0.3 is 15.3 Å². The van der Waals surface area contributed by atoms with E-state index in [1.165, 1.54) is 11.1 Å². The summed E-state index contributed by atoms with van der Waals surface area (Å²) in [6.07, 6.45) is -0.202. The van der Waals surface area contributed by atoms with Gasteiger partial charge in [0, 0.05) is 18.3 Å². The zero-order valence-electron chi connectivity index (χ0n) is 14.8. The van der Waals surface area contributed by atoms with Crippen LogP contribution in [0.4, 0.5) is 14.4 Å². The average molecular weight is 429 g/mol. The largest absolute Gasteiger partial charge is 0.463 e. The van der Waals surface area contributed by atoms with E-state index in [-0.39, 0.29) is 18.8 Å². The molecule has 15 nitrogen and oxygen atoms in total. The second kappa shape index (κ2) is 7.59. The molecule has 3 rings (SSSR count). The minimum absolute atomic E-state index is 0.0430. The number of amides is 4. The van der Waals surface area contributed by atoms with E-state index in [0.29, 0.717) is 17.2 Å². The average Bonchev–Trinajstić information content (AvgIpc) is 3.17. The fraction of sp³-hybridized carbons (Fsp3) is 0.462. The number of rotatable bonds is 5. The Morgan fingerprint density at radius 3 is 2.83 bits per heavy atom. The van der Waals surface area contributed by atoms with Gasteiger partial charge in [0.2, 0.25) is 0 Å². The number of hydroxylamine groups is 2. The monoisotopic (exact) mass is 429 g/mol. The van der Waals surface area contributed by atoms with Gasteiger partial charge in [-0.05, 0) is 6.92 Å². The number of carbonyl (C=O) groups is 3. The molecule has 1 fully saturated rings. The van der Waals surface area contributed by atoms with Gasteiger partial charge in [-0.3, -0.25) is 4.55 Å². The van der Waals surface area contributed by atoms with Crippen LogP contribution in [0.3, 0.4) is 0 Å². The predicted molar refractivity (Wildman–Crippen MR) is 91.5 cm³/mol. The fourth-order valence-electron chi connectivity index (χ4n) is 3.06. The molecule has 29 heavy (non-hydrogen) atoms. The third-order valence-electron chi connectivity index (χ3n) is 4.10. The Balaban J connectivity index is 2.01. The van der Waals surface area contributed by atoms with E-state index in [1.54, 1.807) is 6.92 Å². The van der Waals surface area contributed by atoms with Crippen molar-refractivity contribution in [2.75, 3.05) is 19.6 Å². The molecule has 0 aromatic carbocycles. The number of nitrogens with one attached hydrogen (secondary N) is 1. The van der Waals surface area contributed by atoms with Gasteiger partial charge in [0.25, 0.3) is 0 Å². The van der Waals surface area contributed by atoms with Crippen molar-refractivity contribution in [2.45, 2.75) is 19.0 Å². The number of hydrogen-bond donors (Lipinski definition) is 3. The first kappa shape index (κ1) is 20.4. The van der Waals surface area contributed by atoms with E-state index in [1.807, 2.05) is 6.01 Å². The molecule has 0 radical (unpaired) electrons. The van der Waals surface area contributed by atoms with E-state index in [9.17, 15) is 22.8 Å². The molecule has 3 heterocycles. The van der Waals surface area contributed by atoms with Gasteiger partial charge in [0.05, 0.1) is 24.8 Å². The summed E-state index contributed by atoms with van der Waals surface area (Å²) in [7, 11) is -4.99. The molecule has 2 aliphatic heterocycles. The molecule has 1 aromatic rings. The zero-order chi connectivity index (χ0) is 21.3. The highest BCUT2D eigenvalue weighted by Gasteiger charge is 2.51. The molecule has 3 N–H and O–H groups in total. The van der Waals surface area contributed by atoms with Gasteiger partial charge >= 0.3 is 28.6 Å². The van der Waals surface area contributed by atoms with Crippen LogP contribution in [0.2, 0.25) is 0 Å². The summed E-state index contributed by atoms with van der Waals surface area (Å²) in [5.41, 5.74) is 0.528. The summed E-state index contributed by atoms with van der Waals surface area (Å²) in [4.78, 5) is 42.9. The van der Waals surface area contributed by atoms with Crippen molar-refractivity contribution < 1.29 is 36.7 Å². The van der Waals surface area contributed by atoms with Crippen molar-refractivity contribution in [2.24, 2.45) is 9.98 Å². The maximum Gasteiger partial charge on any atom is 0.440 e. The number of fused-ring (bicyclic) bond motifs is 4. The third-order valence-corrected chi connectivity index (χ3v) is 4.45. The van der Waals surface area contributed by atoms with Crippen LogP contribution in [0.1, 0.15) is 30.3 Å². The zero-order valence-corrected chi connectivity index (χ0v) is 15.6. The molecular formula is C13H15N7O8S. The molecule has 1 aromatic heterocycles. The van der Waals surface area contributed by atoms with Crippen LogP contribution in [0, 0.1) is 0 Å². The summed E-state index contributed by atoms with van der Waals surface area (Å²) in [6.45, 7) is 1.77. The molecular weight excluding hydrogens is 414 g/mol. The van der Waals surface area contributed by atoms with Crippen LogP contribution in [-0.4, -0.2) is 81.6 Å². The van der Waals surface area contributed by atoms with E-state index < -0.39 is 40.6 Å². The van der Waals surface area contributed by atoms with Crippen molar-refractivity contribution in [1.82, 2.24) is 25.1 Å². The van der Waals surface area contributed by atoms with Crippen LogP contribution in [0.25, 0.3) is 0 Å². The molecule has 156 valence electrons. The SMILES string of the molecule is CCNC(=O)n1cc2c(n1)C(CN=C=NC(=O)O)N1CC2N(OS(=O)(=O)O)C1=O. The number of urea groups is 1. The highest BCUT2D eigenvalue weighted by atomic mass is 32.3. The maximum atomic E-state index is 12.6. The van der Waals surface area contributed by atoms with Crippen molar-refractivity contribution in [3.8, 4) is 0 Å². The summed E-state index contributed by atoms with van der Waals surface area (Å²) in [6, 6.07) is -1.33. The molecule has 0 spiro atoms. The maximum absolute atomic E-state index is 12.6. The number of carbonyl (C=O) groups excluding carboxylic acids is 2. The highest BCUT2D eigenvalue weighted by molar-refractivity contribution is 7.80. The number of hydrogen-bond acceptors (Lipinski definition) is 8. The Hall–Kier alpha value is -3.33. The predicted octanol–water partition coefficient (Wildman–Crippen LogP) is -0.120. The highest BCUT2D eigenvalue weighted by Crippen LogP contribution is 2.43. The smallest absolute Gasteiger partial charge is 0.440 e. The third kappa shape index (κ3) is 4.09. The van der Waals surface area contributed by atoms with Crippen molar-refractivity contribution in [3.63, 3.8) is 0 Å². The Morgan fingerprint density at radius 2 is 2.21 bits per heavy atom. The molecule has 2 bridgehead atoms. The molecule has 2 aliphatic rings. The van der Waals surface area contributed by atoms with Crippen LogP contribution in [0.15, 0.2) is 16.2 Å². The molecule has 2 unspecified atom stereocenters. The van der Waals surface area contributed by atoms with Gasteiger partial charge in [-0.1, -0.05) is 0 Å². The summed E-state index contributed by atoms with van der Waals surface area (Å²) in [5, 5.41) is 15.7. The Morgan fingerprint density at radius 1 is 1.48 bits per heavy atom. The second-order valence-corrected chi connectivity index (χ2v) is 6.88. The van der Waals surface area contributed by atoms with Gasteiger partial charge in [-0.15, -0.1) is 9.28 Å². The van der Waals surface area contributed by atoms with E-state index in [2.05, 4.69) is 24.7 Å². The summed E-state index contributed by atoms with van der Waals surface area (Å²) in [5.74, 6) is 0. The van der Waals surface area contributed by atoms with Gasteiger partial charge in [-0.2, -0.15) is 23.3 Å². The number of carboxylic acid groups (broad SMARTS) is 1. The van der Waals surface area contributed by atoms with Crippen molar-refractivity contribution >= 4 is 34.6 Å². The second-order valence-electron chi connectivity index (χ2n) is 5.88. The molecule has 1 saturated heterocycles. The number of aromatic nitrogens is 2. The van der Waals surface area contributed by atoms with Crippen LogP contribution < -0.4 is 5.32 Å².